The number of Topliss-reactive ketones (excluding diaryl/α,β-unsaturated/α-hetero) is 2. The van der Waals surface area contributed by atoms with Gasteiger partial charge >= 0.3 is 7.82 Å². The van der Waals surface area contributed by atoms with Gasteiger partial charge in [-0.2, -0.15) is 0 Å². The predicted molar refractivity (Wildman–Crippen MR) is 189 cm³/mol. The molecule has 7 N–H and O–H groups in total. The lowest BCUT2D eigenvalue weighted by Gasteiger charge is -2.27. The Balaban J connectivity index is 2.18. The molecular weight excluding hydrogens is 699 g/mol. The number of rotatable bonds is 25. The lowest BCUT2D eigenvalue weighted by atomic mass is 9.89. The van der Waals surface area contributed by atoms with Crippen LogP contribution in [0.25, 0.3) is 0 Å². The number of phosphoric ester groups is 1. The van der Waals surface area contributed by atoms with E-state index < -0.39 is 86.2 Å². The van der Waals surface area contributed by atoms with Crippen LogP contribution in [0.4, 0.5) is 0 Å². The number of carbonyl (C=O) groups is 6. The average molecular weight is 755 g/mol. The van der Waals surface area contributed by atoms with Crippen LogP contribution in [-0.4, -0.2) is 104 Å². The number of nitrogens with two attached hydrogens (primary N) is 1. The van der Waals surface area contributed by atoms with Gasteiger partial charge in [0.1, 0.15) is 12.1 Å². The van der Waals surface area contributed by atoms with Crippen LogP contribution < -0.4 is 16.4 Å². The normalized spacial score (nSPS) is 18.4. The molecule has 0 aliphatic carbocycles. The second-order valence-corrected chi connectivity index (χ2v) is 14.9. The number of allylic oxidation sites excluding steroid dienone is 1. The van der Waals surface area contributed by atoms with Gasteiger partial charge in [-0.1, -0.05) is 19.9 Å². The van der Waals surface area contributed by atoms with Crippen molar-refractivity contribution < 1.29 is 52.4 Å². The van der Waals surface area contributed by atoms with E-state index in [1.165, 1.54) is 31.3 Å². The third-order valence-electron chi connectivity index (χ3n) is 8.81. The van der Waals surface area contributed by atoms with Crippen molar-refractivity contribution in [3.05, 3.63) is 30.9 Å². The lowest BCUT2D eigenvalue weighted by molar-refractivity contribution is -0.138. The molecule has 1 aromatic rings. The topological polar surface area (TPSA) is 260 Å². The van der Waals surface area contributed by atoms with E-state index in [2.05, 4.69) is 27.2 Å². The van der Waals surface area contributed by atoms with Gasteiger partial charge in [-0.15, -0.1) is 6.58 Å². The van der Waals surface area contributed by atoms with Crippen LogP contribution in [-0.2, 0) is 48.8 Å². The summed E-state index contributed by atoms with van der Waals surface area (Å²) in [6, 6.07) is -3.21. The first kappa shape index (κ1) is 44.4. The predicted octanol–water partition coefficient (Wildman–Crippen LogP) is 1.49. The molecule has 1 aromatic heterocycles. The SMILES string of the molecule is C=CCCCCOP(=O)(O)O[C@H](C)[C@H](CC(=O)[C@H](CO)NC(=O)[C@@H](CC(=O)[C@H](CC(C)C)NC(=O)[C@@H]1CCCN1C(C)=O)Cc1cnc[nH]1)C(N)=O. The minimum atomic E-state index is -4.63. The number of unbranched alkanes of at least 4 members (excludes halogenated alkanes) is 2. The van der Waals surface area contributed by atoms with Crippen molar-refractivity contribution >= 4 is 43.0 Å². The highest BCUT2D eigenvalue weighted by molar-refractivity contribution is 7.47. The first-order valence-electron chi connectivity index (χ1n) is 17.6. The first-order valence-corrected chi connectivity index (χ1v) is 19.1. The van der Waals surface area contributed by atoms with Crippen molar-refractivity contribution in [3.63, 3.8) is 0 Å². The number of hydrogen-bond acceptors (Lipinski definition) is 11. The van der Waals surface area contributed by atoms with Gasteiger partial charge in [0, 0.05) is 44.6 Å². The number of imidazole rings is 1. The second kappa shape index (κ2) is 21.7. The number of H-pyrrole nitrogens is 1. The van der Waals surface area contributed by atoms with Gasteiger partial charge in [-0.05, 0) is 51.4 Å². The van der Waals surface area contributed by atoms with Crippen LogP contribution in [0.3, 0.4) is 0 Å². The third kappa shape index (κ3) is 14.7. The zero-order valence-electron chi connectivity index (χ0n) is 30.5. The van der Waals surface area contributed by atoms with Crippen LogP contribution in [0.2, 0.25) is 0 Å². The van der Waals surface area contributed by atoms with E-state index in [4.69, 9.17) is 14.8 Å². The molecule has 1 saturated heterocycles. The Kier molecular flexibility index (Phi) is 18.5. The standard InChI is InChI=1S/C34H55N6O11P/c1-6-7-8-9-13-50-52(48,49)51-22(4)26(32(35)45)17-31(44)28(19-41)39-33(46)24(15-25-18-36-20-37-25)16-30(43)27(14-21(2)3)38-34(47)29-11-10-12-40(29)23(5)42/h6,18,20-22,24,26-29,41H,1,7-17,19H2,2-5H3,(H2,35,45)(H,36,37)(H,38,47)(H,39,46)(H,48,49)/t22-,24-,26+,27+,28+,29+/m1/s1. The van der Waals surface area contributed by atoms with Crippen LogP contribution in [0.15, 0.2) is 25.2 Å². The van der Waals surface area contributed by atoms with E-state index in [0.29, 0.717) is 44.3 Å². The van der Waals surface area contributed by atoms with Crippen LogP contribution in [0.5, 0.6) is 0 Å². The van der Waals surface area contributed by atoms with Crippen molar-refractivity contribution in [2.45, 2.75) is 110 Å². The second-order valence-electron chi connectivity index (χ2n) is 13.5. The maximum absolute atomic E-state index is 13.8. The summed E-state index contributed by atoms with van der Waals surface area (Å²) < 4.78 is 22.5. The van der Waals surface area contributed by atoms with Crippen molar-refractivity contribution in [2.75, 3.05) is 19.8 Å². The molecule has 0 spiro atoms. The molecule has 17 nitrogen and oxygen atoms in total. The Morgan fingerprint density at radius 2 is 1.83 bits per heavy atom. The number of primary amides is 1. The zero-order chi connectivity index (χ0) is 39.0. The number of aromatic amines is 1. The zero-order valence-corrected chi connectivity index (χ0v) is 31.3. The summed E-state index contributed by atoms with van der Waals surface area (Å²) in [4.78, 5) is 96.8. The fourth-order valence-electron chi connectivity index (χ4n) is 5.99. The number of nitrogens with one attached hydrogen (secondary N) is 3. The third-order valence-corrected chi connectivity index (χ3v) is 9.92. The molecule has 0 bridgehead atoms. The molecule has 2 rings (SSSR count). The van der Waals surface area contributed by atoms with Gasteiger partial charge in [0.2, 0.25) is 23.6 Å². The van der Waals surface area contributed by atoms with Gasteiger partial charge in [-0.25, -0.2) is 9.55 Å². The monoisotopic (exact) mass is 754 g/mol. The van der Waals surface area contributed by atoms with Crippen LogP contribution in [0.1, 0.15) is 84.8 Å². The number of hydrogen-bond donors (Lipinski definition) is 6. The number of likely N-dealkylation sites (tertiary alicyclic amines) is 1. The van der Waals surface area contributed by atoms with E-state index >= 15 is 0 Å². The summed E-state index contributed by atoms with van der Waals surface area (Å²) in [7, 11) is -4.63. The first-order chi connectivity index (χ1) is 24.5. The minimum Gasteiger partial charge on any atom is -0.394 e. The van der Waals surface area contributed by atoms with E-state index in [9.17, 15) is 43.3 Å². The Morgan fingerprint density at radius 3 is 2.40 bits per heavy atom. The Morgan fingerprint density at radius 1 is 1.13 bits per heavy atom. The summed E-state index contributed by atoms with van der Waals surface area (Å²) in [5.41, 5.74) is 6.01. The highest BCUT2D eigenvalue weighted by Crippen LogP contribution is 2.46. The number of aliphatic hydroxyl groups excluding tert-OH is 1. The van der Waals surface area contributed by atoms with Crippen molar-refractivity contribution in [1.82, 2.24) is 25.5 Å². The summed E-state index contributed by atoms with van der Waals surface area (Å²) in [6.45, 7) is 9.46. The average Bonchev–Trinajstić information content (AvgIpc) is 3.77. The molecular formula is C34H55N6O11P. The van der Waals surface area contributed by atoms with Gasteiger partial charge in [0.15, 0.2) is 11.6 Å². The number of aromatic nitrogens is 2. The molecule has 0 aromatic carbocycles. The van der Waals surface area contributed by atoms with Gasteiger partial charge in [0.05, 0.1) is 43.5 Å². The maximum atomic E-state index is 13.8. The van der Waals surface area contributed by atoms with Gasteiger partial charge in [-0.3, -0.25) is 37.8 Å². The molecule has 52 heavy (non-hydrogen) atoms. The van der Waals surface area contributed by atoms with E-state index in [0.717, 1.165) is 0 Å². The molecule has 0 saturated carbocycles. The molecule has 1 aliphatic heterocycles. The molecule has 292 valence electrons. The maximum Gasteiger partial charge on any atom is 0.472 e. The highest BCUT2D eigenvalue weighted by atomic mass is 31.2. The van der Waals surface area contributed by atoms with Crippen molar-refractivity contribution in [2.24, 2.45) is 23.5 Å². The molecule has 1 aliphatic rings. The Labute approximate surface area is 304 Å². The molecule has 7 atom stereocenters. The number of ketones is 2. The molecule has 4 amide bonds. The molecule has 2 heterocycles. The van der Waals surface area contributed by atoms with E-state index in [1.807, 2.05) is 13.8 Å². The van der Waals surface area contributed by atoms with Crippen molar-refractivity contribution in [1.29, 1.82) is 0 Å². The summed E-state index contributed by atoms with van der Waals surface area (Å²) in [5.74, 6) is -6.30. The number of nitrogens with zero attached hydrogens (tertiary/aromatic N) is 2. The minimum absolute atomic E-state index is 0.0127. The Bertz CT molecular complexity index is 1420. The lowest BCUT2D eigenvalue weighted by Crippen LogP contribution is -2.52. The summed E-state index contributed by atoms with van der Waals surface area (Å²) in [5, 5.41) is 15.4. The summed E-state index contributed by atoms with van der Waals surface area (Å²) >= 11 is 0. The molecule has 1 unspecified atom stereocenters. The fourth-order valence-corrected chi connectivity index (χ4v) is 6.98. The number of carbonyl (C=O) groups excluding carboxylic acids is 6. The van der Waals surface area contributed by atoms with Gasteiger partial charge in [0.25, 0.3) is 0 Å². The number of phosphoric acid groups is 1. The molecule has 0 radical (unpaired) electrons. The van der Waals surface area contributed by atoms with E-state index in [-0.39, 0.29) is 37.7 Å². The van der Waals surface area contributed by atoms with E-state index in [1.54, 1.807) is 6.08 Å². The fraction of sp³-hybridized carbons (Fsp3) is 0.676. The largest absolute Gasteiger partial charge is 0.472 e. The Hall–Kier alpha value is -3.76. The highest BCUT2D eigenvalue weighted by Gasteiger charge is 2.38. The van der Waals surface area contributed by atoms with Crippen LogP contribution >= 0.6 is 7.82 Å². The number of amides is 4. The molecule has 1 fully saturated rings. The number of aliphatic hydroxyl groups is 1. The smallest absolute Gasteiger partial charge is 0.394 e. The van der Waals surface area contributed by atoms with Crippen molar-refractivity contribution in [3.8, 4) is 0 Å². The van der Waals surface area contributed by atoms with Gasteiger partial charge < -0.3 is 36.3 Å². The quantitative estimate of drug-likeness (QED) is 0.0471. The summed E-state index contributed by atoms with van der Waals surface area (Å²) in [6.07, 6.45) is 5.34. The molecule has 18 heteroatoms. The van der Waals surface area contributed by atoms with Crippen LogP contribution in [0, 0.1) is 17.8 Å².